The van der Waals surface area contributed by atoms with E-state index in [2.05, 4.69) is 299 Å². The molecule has 16 aromatic rings. The van der Waals surface area contributed by atoms with Crippen LogP contribution in [0.1, 0.15) is 0 Å². The maximum absolute atomic E-state index is 5.26. The zero-order valence-corrected chi connectivity index (χ0v) is 51.0. The summed E-state index contributed by atoms with van der Waals surface area (Å²) in [4.78, 5) is 23.8. The molecule has 18 rings (SSSR count). The fraction of sp³-hybridized carbons (Fsp3) is 0. The van der Waals surface area contributed by atoms with Gasteiger partial charge in [-0.1, -0.05) is 182 Å². The Labute approximate surface area is 545 Å². The van der Waals surface area contributed by atoms with Crippen molar-refractivity contribution in [2.45, 2.75) is 0 Å². The van der Waals surface area contributed by atoms with Gasteiger partial charge in [-0.15, -0.1) is 0 Å². The lowest BCUT2D eigenvalue weighted by atomic mass is 9.94. The average Bonchev–Trinajstić information content (AvgIpc) is 1.45. The highest BCUT2D eigenvalue weighted by Crippen LogP contribution is 2.53. The van der Waals surface area contributed by atoms with Crippen LogP contribution in [0.3, 0.4) is 0 Å². The SMILES string of the molecule is c1ccc(N(c2ccc(-c3ccc4c5c(cccc35)-c3cc(-c5ccc(-c6cc(-c7ccccn7)cc(N(c7ccccc7)c7ccc(-c8ccc9c%10c(cccc8%10)-c8ccccc8-9)cc7)c6)nc5)ccc3-4)cc2)c2cc(-c3cccnc3)cc(-c3cccnc3)c2)cc1. The first-order valence-electron chi connectivity index (χ1n) is 31.9. The summed E-state index contributed by atoms with van der Waals surface area (Å²) in [5.41, 5.74) is 31.3. The zero-order chi connectivity index (χ0) is 62.1. The number of nitrogens with zero attached hydrogens (tertiary/aromatic N) is 6. The molecule has 0 spiro atoms. The second-order valence-corrected chi connectivity index (χ2v) is 24.2. The van der Waals surface area contributed by atoms with E-state index in [9.17, 15) is 0 Å². The van der Waals surface area contributed by atoms with Crippen LogP contribution in [0.5, 0.6) is 0 Å². The molecule has 0 unspecified atom stereocenters. The molecule has 0 fully saturated rings. The first kappa shape index (κ1) is 54.3. The molecular formula is C88H56N6. The molecule has 94 heavy (non-hydrogen) atoms. The molecule has 0 bridgehead atoms. The van der Waals surface area contributed by atoms with Crippen molar-refractivity contribution in [2.75, 3.05) is 9.80 Å². The highest BCUT2D eigenvalue weighted by molar-refractivity contribution is 6.20. The maximum Gasteiger partial charge on any atom is 0.0703 e. The highest BCUT2D eigenvalue weighted by atomic mass is 15.1. The van der Waals surface area contributed by atoms with Crippen LogP contribution in [0.25, 0.3) is 144 Å². The van der Waals surface area contributed by atoms with E-state index in [-0.39, 0.29) is 0 Å². The number of hydrogen-bond acceptors (Lipinski definition) is 6. The predicted octanol–water partition coefficient (Wildman–Crippen LogP) is 23.5. The number of hydrogen-bond donors (Lipinski definition) is 0. The molecule has 0 saturated carbocycles. The van der Waals surface area contributed by atoms with Crippen molar-refractivity contribution >= 4 is 55.7 Å². The van der Waals surface area contributed by atoms with Gasteiger partial charge in [0, 0.05) is 99.1 Å². The van der Waals surface area contributed by atoms with E-state index in [1.807, 2.05) is 61.4 Å². The Balaban J connectivity index is 0.661. The number of para-hydroxylation sites is 2. The zero-order valence-electron chi connectivity index (χ0n) is 51.0. The molecule has 12 aromatic carbocycles. The third kappa shape index (κ3) is 9.43. The van der Waals surface area contributed by atoms with Crippen LogP contribution in [0.15, 0.2) is 340 Å². The van der Waals surface area contributed by atoms with Crippen molar-refractivity contribution in [2.24, 2.45) is 0 Å². The Hall–Kier alpha value is -12.6. The van der Waals surface area contributed by atoms with E-state index in [0.29, 0.717) is 0 Å². The minimum absolute atomic E-state index is 0.872. The van der Waals surface area contributed by atoms with Crippen molar-refractivity contribution in [1.29, 1.82) is 0 Å². The second-order valence-electron chi connectivity index (χ2n) is 24.2. The van der Waals surface area contributed by atoms with Crippen molar-refractivity contribution in [3.63, 3.8) is 0 Å². The molecule has 0 aliphatic heterocycles. The number of fused-ring (bicyclic) bond motifs is 6. The normalized spacial score (nSPS) is 11.6. The lowest BCUT2D eigenvalue weighted by molar-refractivity contribution is 1.26. The Kier molecular flexibility index (Phi) is 13.1. The second kappa shape index (κ2) is 22.7. The van der Waals surface area contributed by atoms with Gasteiger partial charge < -0.3 is 9.80 Å². The fourth-order valence-corrected chi connectivity index (χ4v) is 14.4. The minimum atomic E-state index is 0.872. The number of benzene rings is 12. The van der Waals surface area contributed by atoms with Gasteiger partial charge in [-0.25, -0.2) is 0 Å². The molecule has 2 aliphatic rings. The van der Waals surface area contributed by atoms with Crippen LogP contribution in [0.4, 0.5) is 34.1 Å². The molecule has 0 amide bonds. The summed E-state index contributed by atoms with van der Waals surface area (Å²) in [6.45, 7) is 0. The number of rotatable bonds is 13. The predicted molar refractivity (Wildman–Crippen MR) is 389 cm³/mol. The topological polar surface area (TPSA) is 58.0 Å². The van der Waals surface area contributed by atoms with E-state index in [0.717, 1.165) is 95.6 Å². The van der Waals surface area contributed by atoms with Gasteiger partial charge in [-0.05, 0) is 226 Å². The standard InChI is InChI=1S/C88H56N6/c1-3-17-67(18-4-1)93(71-49-63(60-15-13-44-89-54-60)47-64(50-71)61-16-14-45-90-55-61)69-34-28-58(29-35-69)74-40-42-83-77-38-32-59(53-84(77)81-26-12-24-79(74)88(81)83)62-33-43-86(92-56-62)66-48-65(85-27-9-10-46-91-85)51-72(52-66)94(68-19-5-2-6-20-68)70-36-30-57(31-37-70)73-39-41-82-76-22-8-7-21-75(76)80-25-11-23-78(73)87(80)82/h1-56H. The average molecular weight is 1200 g/mol. The molecule has 0 atom stereocenters. The molecule has 0 N–H and O–H groups in total. The van der Waals surface area contributed by atoms with Crippen molar-refractivity contribution in [3.05, 3.63) is 340 Å². The van der Waals surface area contributed by atoms with Gasteiger partial charge in [-0.2, -0.15) is 0 Å². The van der Waals surface area contributed by atoms with Crippen molar-refractivity contribution in [3.8, 4) is 123 Å². The lowest BCUT2D eigenvalue weighted by Gasteiger charge is -2.27. The van der Waals surface area contributed by atoms with E-state index < -0.39 is 0 Å². The summed E-state index contributed by atoms with van der Waals surface area (Å²) in [5, 5.41) is 5.10. The molecule has 4 heterocycles. The van der Waals surface area contributed by atoms with E-state index in [1.54, 1.807) is 0 Å². The van der Waals surface area contributed by atoms with Crippen LogP contribution in [0.2, 0.25) is 0 Å². The van der Waals surface area contributed by atoms with Crippen molar-refractivity contribution in [1.82, 2.24) is 19.9 Å². The molecule has 0 radical (unpaired) electrons. The van der Waals surface area contributed by atoms with Crippen LogP contribution in [-0.2, 0) is 0 Å². The van der Waals surface area contributed by atoms with E-state index >= 15 is 0 Å². The Morgan fingerprint density at radius 1 is 0.191 bits per heavy atom. The Bertz CT molecular complexity index is 5480. The Morgan fingerprint density at radius 3 is 1.12 bits per heavy atom. The molecule has 6 nitrogen and oxygen atoms in total. The van der Waals surface area contributed by atoms with Gasteiger partial charge >= 0.3 is 0 Å². The van der Waals surface area contributed by atoms with Crippen LogP contribution < -0.4 is 9.80 Å². The first-order valence-corrected chi connectivity index (χ1v) is 31.9. The summed E-state index contributed by atoms with van der Waals surface area (Å²) in [6, 6.07) is 110. The van der Waals surface area contributed by atoms with Gasteiger partial charge in [0.05, 0.1) is 11.4 Å². The molecule has 6 heteroatoms. The summed E-state index contributed by atoms with van der Waals surface area (Å²) < 4.78 is 0. The van der Waals surface area contributed by atoms with Gasteiger partial charge in [0.2, 0.25) is 0 Å². The summed E-state index contributed by atoms with van der Waals surface area (Å²) >= 11 is 0. The van der Waals surface area contributed by atoms with E-state index in [1.165, 1.54) is 82.7 Å². The van der Waals surface area contributed by atoms with Gasteiger partial charge in [0.15, 0.2) is 0 Å². The van der Waals surface area contributed by atoms with Crippen molar-refractivity contribution < 1.29 is 0 Å². The third-order valence-electron chi connectivity index (χ3n) is 18.8. The quantitative estimate of drug-likeness (QED) is 0.115. The van der Waals surface area contributed by atoms with Gasteiger partial charge in [0.25, 0.3) is 0 Å². The lowest BCUT2D eigenvalue weighted by Crippen LogP contribution is -2.10. The molecule has 438 valence electrons. The highest BCUT2D eigenvalue weighted by Gasteiger charge is 2.26. The monoisotopic (exact) mass is 1200 g/mol. The summed E-state index contributed by atoms with van der Waals surface area (Å²) in [5.74, 6) is 0. The summed E-state index contributed by atoms with van der Waals surface area (Å²) in [6.07, 6.45) is 11.4. The largest absolute Gasteiger partial charge is 0.310 e. The first-order chi connectivity index (χ1) is 46.6. The van der Waals surface area contributed by atoms with E-state index in [4.69, 9.17) is 9.97 Å². The smallest absolute Gasteiger partial charge is 0.0703 e. The molecule has 4 aromatic heterocycles. The third-order valence-corrected chi connectivity index (χ3v) is 18.8. The number of aromatic nitrogens is 4. The number of pyridine rings is 4. The Morgan fingerprint density at radius 2 is 0.606 bits per heavy atom. The minimum Gasteiger partial charge on any atom is -0.310 e. The molecular weight excluding hydrogens is 1140 g/mol. The van der Waals surface area contributed by atoms with Gasteiger partial charge in [-0.3, -0.25) is 19.9 Å². The fourth-order valence-electron chi connectivity index (χ4n) is 14.4. The number of anilines is 6. The van der Waals surface area contributed by atoms with Crippen LogP contribution in [-0.4, -0.2) is 19.9 Å². The molecule has 0 saturated heterocycles. The molecule has 2 aliphatic carbocycles. The van der Waals surface area contributed by atoms with Crippen LogP contribution >= 0.6 is 0 Å². The maximum atomic E-state index is 5.26. The summed E-state index contributed by atoms with van der Waals surface area (Å²) in [7, 11) is 0. The van der Waals surface area contributed by atoms with Crippen LogP contribution in [0, 0.1) is 0 Å². The van der Waals surface area contributed by atoms with Gasteiger partial charge in [0.1, 0.15) is 0 Å².